The van der Waals surface area contributed by atoms with Crippen LogP contribution in [0.1, 0.15) is 6.92 Å². The summed E-state index contributed by atoms with van der Waals surface area (Å²) in [5.41, 5.74) is 6.18. The summed E-state index contributed by atoms with van der Waals surface area (Å²) in [7, 11) is 0. The molecule has 0 atom stereocenters. The molecule has 7 aromatic carbocycles. The second-order valence-corrected chi connectivity index (χ2v) is 13.2. The van der Waals surface area contributed by atoms with Gasteiger partial charge in [-0.2, -0.15) is 0 Å². The summed E-state index contributed by atoms with van der Waals surface area (Å²) in [6.07, 6.45) is 3.75. The van der Waals surface area contributed by atoms with E-state index in [0.29, 0.717) is 17.5 Å². The standard InChI is InChI=1S/C47H31FN4O/c1-2-33-39-26-30-14-6-7-15-31(30)27-42(39)52(41(33)24-25-48)40-23-22-38(34-16-8-9-17-35(34)40)47-50-45(29-12-4-3-5-13-29)49-46(51-47)32-20-21-37-36-18-10-11-19-43(36)53-44(37)28-32/h2-24,26-28H,25H2,1H3/b33-2-,41-24+. The van der Waals surface area contributed by atoms with Crippen LogP contribution in [-0.2, 0) is 0 Å². The van der Waals surface area contributed by atoms with Crippen molar-refractivity contribution in [3.05, 3.63) is 156 Å². The summed E-state index contributed by atoms with van der Waals surface area (Å²) in [5.74, 6) is 1.69. The lowest BCUT2D eigenvalue weighted by Crippen LogP contribution is -2.28. The molecular weight excluding hydrogens is 656 g/mol. The average molecular weight is 687 g/mol. The van der Waals surface area contributed by atoms with Crippen molar-refractivity contribution in [1.29, 1.82) is 0 Å². The second kappa shape index (κ2) is 12.4. The largest absolute Gasteiger partial charge is 0.456 e. The van der Waals surface area contributed by atoms with Gasteiger partial charge in [0.1, 0.15) is 17.8 Å². The molecule has 0 N–H and O–H groups in total. The maximum absolute atomic E-state index is 14.3. The zero-order valence-corrected chi connectivity index (χ0v) is 28.8. The maximum Gasteiger partial charge on any atom is 0.164 e. The molecule has 3 aromatic heterocycles. The van der Waals surface area contributed by atoms with Gasteiger partial charge in [0, 0.05) is 43.5 Å². The van der Waals surface area contributed by atoms with Gasteiger partial charge in [-0.25, -0.2) is 19.3 Å². The van der Waals surface area contributed by atoms with Crippen molar-refractivity contribution in [3.8, 4) is 39.9 Å². The number of fused-ring (bicyclic) bond motifs is 6. The molecule has 0 spiro atoms. The van der Waals surface area contributed by atoms with E-state index in [0.717, 1.165) is 87.3 Å². The fourth-order valence-electron chi connectivity index (χ4n) is 7.73. The van der Waals surface area contributed by atoms with Crippen molar-refractivity contribution in [2.24, 2.45) is 0 Å². The molecule has 252 valence electrons. The Morgan fingerprint density at radius 1 is 0.566 bits per heavy atom. The minimum absolute atomic E-state index is 0.551. The van der Waals surface area contributed by atoms with Crippen LogP contribution >= 0.6 is 0 Å². The molecule has 6 heteroatoms. The van der Waals surface area contributed by atoms with Crippen LogP contribution in [0, 0.1) is 0 Å². The number of furan rings is 1. The molecule has 0 saturated carbocycles. The minimum Gasteiger partial charge on any atom is -0.456 e. The Morgan fingerprint density at radius 2 is 1.23 bits per heavy atom. The molecule has 0 aliphatic heterocycles. The van der Waals surface area contributed by atoms with E-state index in [-0.39, 0.29) is 0 Å². The van der Waals surface area contributed by atoms with Crippen molar-refractivity contribution < 1.29 is 8.81 Å². The van der Waals surface area contributed by atoms with Crippen LogP contribution in [0.5, 0.6) is 0 Å². The van der Waals surface area contributed by atoms with E-state index >= 15 is 0 Å². The Bertz CT molecular complexity index is 3180. The molecule has 0 amide bonds. The zero-order valence-electron chi connectivity index (χ0n) is 28.8. The van der Waals surface area contributed by atoms with Gasteiger partial charge in [-0.15, -0.1) is 0 Å². The highest BCUT2D eigenvalue weighted by atomic mass is 19.1. The third-order valence-corrected chi connectivity index (χ3v) is 10.2. The van der Waals surface area contributed by atoms with Gasteiger partial charge in [0.05, 0.1) is 16.6 Å². The van der Waals surface area contributed by atoms with Crippen LogP contribution in [0.3, 0.4) is 0 Å². The van der Waals surface area contributed by atoms with Gasteiger partial charge in [-0.3, -0.25) is 0 Å². The van der Waals surface area contributed by atoms with Crippen molar-refractivity contribution in [1.82, 2.24) is 19.5 Å². The summed E-state index contributed by atoms with van der Waals surface area (Å²) in [5, 5.41) is 9.27. The summed E-state index contributed by atoms with van der Waals surface area (Å²) in [4.78, 5) is 15.2. The highest BCUT2D eigenvalue weighted by Crippen LogP contribution is 2.36. The number of nitrogens with zero attached hydrogens (tertiary/aromatic N) is 4. The fraction of sp³-hybridized carbons (Fsp3) is 0.0426. The number of hydrogen-bond acceptors (Lipinski definition) is 4. The van der Waals surface area contributed by atoms with Crippen LogP contribution < -0.4 is 10.6 Å². The quantitative estimate of drug-likeness (QED) is 0.181. The first-order valence-electron chi connectivity index (χ1n) is 17.7. The number of hydrogen-bond donors (Lipinski definition) is 0. The molecule has 3 heterocycles. The van der Waals surface area contributed by atoms with Crippen molar-refractivity contribution in [2.75, 3.05) is 6.67 Å². The number of para-hydroxylation sites is 1. The van der Waals surface area contributed by atoms with Gasteiger partial charge >= 0.3 is 0 Å². The third-order valence-electron chi connectivity index (χ3n) is 10.2. The van der Waals surface area contributed by atoms with Gasteiger partial charge in [-0.1, -0.05) is 109 Å². The van der Waals surface area contributed by atoms with Crippen LogP contribution in [0.15, 0.2) is 150 Å². The Balaban J connectivity index is 1.22. The van der Waals surface area contributed by atoms with Gasteiger partial charge < -0.3 is 8.98 Å². The monoisotopic (exact) mass is 686 g/mol. The normalized spacial score (nSPS) is 12.6. The van der Waals surface area contributed by atoms with E-state index in [4.69, 9.17) is 19.4 Å². The van der Waals surface area contributed by atoms with Crippen LogP contribution in [0.25, 0.3) is 106 Å². The van der Waals surface area contributed by atoms with Gasteiger partial charge in [0.2, 0.25) is 0 Å². The van der Waals surface area contributed by atoms with E-state index in [2.05, 4.69) is 77.4 Å². The number of aromatic nitrogens is 4. The predicted molar refractivity (Wildman–Crippen MR) is 215 cm³/mol. The lowest BCUT2D eigenvalue weighted by molar-refractivity contribution is 0.577. The van der Waals surface area contributed by atoms with E-state index < -0.39 is 6.67 Å². The second-order valence-electron chi connectivity index (χ2n) is 13.2. The number of halogens is 1. The zero-order chi connectivity index (χ0) is 35.5. The van der Waals surface area contributed by atoms with Gasteiger partial charge in [-0.05, 0) is 71.6 Å². The molecule has 0 aliphatic carbocycles. The Morgan fingerprint density at radius 3 is 2.02 bits per heavy atom. The van der Waals surface area contributed by atoms with Crippen LogP contribution in [0.2, 0.25) is 0 Å². The molecule has 5 nitrogen and oxygen atoms in total. The smallest absolute Gasteiger partial charge is 0.164 e. The molecule has 0 bridgehead atoms. The molecule has 0 saturated heterocycles. The van der Waals surface area contributed by atoms with Crippen LogP contribution in [0.4, 0.5) is 4.39 Å². The molecule has 10 aromatic rings. The van der Waals surface area contributed by atoms with E-state index in [1.54, 1.807) is 6.08 Å². The molecule has 0 aliphatic rings. The summed E-state index contributed by atoms with van der Waals surface area (Å²) in [6, 6.07) is 49.4. The van der Waals surface area contributed by atoms with Crippen LogP contribution in [-0.4, -0.2) is 26.2 Å². The first-order valence-corrected chi connectivity index (χ1v) is 17.7. The number of rotatable bonds is 5. The number of alkyl halides is 1. The maximum atomic E-state index is 14.3. The number of benzene rings is 7. The molecule has 0 unspecified atom stereocenters. The summed E-state index contributed by atoms with van der Waals surface area (Å²) in [6.45, 7) is 1.43. The van der Waals surface area contributed by atoms with Crippen molar-refractivity contribution in [3.63, 3.8) is 0 Å². The first kappa shape index (κ1) is 30.9. The van der Waals surface area contributed by atoms with Crippen molar-refractivity contribution in [2.45, 2.75) is 6.92 Å². The Hall–Kier alpha value is -6.92. The van der Waals surface area contributed by atoms with E-state index in [1.807, 2.05) is 85.8 Å². The third kappa shape index (κ3) is 5.02. The van der Waals surface area contributed by atoms with Gasteiger partial charge in [0.25, 0.3) is 0 Å². The average Bonchev–Trinajstić information content (AvgIpc) is 3.73. The molecular formula is C47H31FN4O. The van der Waals surface area contributed by atoms with Gasteiger partial charge in [0.15, 0.2) is 17.5 Å². The lowest BCUT2D eigenvalue weighted by atomic mass is 10.0. The molecule has 53 heavy (non-hydrogen) atoms. The fourth-order valence-corrected chi connectivity index (χ4v) is 7.73. The first-order chi connectivity index (χ1) is 26.2. The summed E-state index contributed by atoms with van der Waals surface area (Å²) < 4.78 is 22.7. The highest BCUT2D eigenvalue weighted by Gasteiger charge is 2.19. The molecule has 10 rings (SSSR count). The topological polar surface area (TPSA) is 56.7 Å². The lowest BCUT2D eigenvalue weighted by Gasteiger charge is -2.15. The molecule has 0 radical (unpaired) electrons. The predicted octanol–water partition coefficient (Wildman–Crippen LogP) is 10.6. The highest BCUT2D eigenvalue weighted by molar-refractivity contribution is 6.06. The minimum atomic E-state index is -0.581. The Kier molecular flexibility index (Phi) is 7.22. The van der Waals surface area contributed by atoms with Crippen molar-refractivity contribution >= 4 is 66.5 Å². The molecule has 0 fully saturated rings. The SMILES string of the molecule is C/C=c1\c(=C/CF)n(-c2ccc(-c3nc(-c4ccccc4)nc(-c4ccc5c(c4)oc4ccccc45)n3)c3ccccc23)c2cc3ccccc3cc12. The Labute approximate surface area is 303 Å². The van der Waals surface area contributed by atoms with E-state index in [1.165, 1.54) is 0 Å². The summed E-state index contributed by atoms with van der Waals surface area (Å²) >= 11 is 0. The van der Waals surface area contributed by atoms with E-state index in [9.17, 15) is 4.39 Å².